The second kappa shape index (κ2) is 4.04. The molecule has 6 heteroatoms. The standard InChI is InChI=1S/C9H7F5O/c1-5-4-6(9(12,13)14)2-3-7(5)15-8(10)11/h2-4,8H,1H3. The highest BCUT2D eigenvalue weighted by Crippen LogP contribution is 2.32. The van der Waals surface area contributed by atoms with Crippen LogP contribution in [0.5, 0.6) is 5.75 Å². The van der Waals surface area contributed by atoms with Crippen LogP contribution in [0.15, 0.2) is 18.2 Å². The van der Waals surface area contributed by atoms with Crippen LogP contribution < -0.4 is 4.74 Å². The van der Waals surface area contributed by atoms with Gasteiger partial charge >= 0.3 is 12.8 Å². The molecule has 0 unspecified atom stereocenters. The first-order chi connectivity index (χ1) is 6.80. The Balaban J connectivity index is 2.98. The molecule has 1 aromatic rings. The second-order valence-electron chi connectivity index (χ2n) is 2.86. The van der Waals surface area contributed by atoms with Crippen LogP contribution in [-0.2, 0) is 6.18 Å². The molecule has 15 heavy (non-hydrogen) atoms. The van der Waals surface area contributed by atoms with Gasteiger partial charge in [0.05, 0.1) is 5.56 Å². The van der Waals surface area contributed by atoms with Crippen molar-refractivity contribution in [3.63, 3.8) is 0 Å². The van der Waals surface area contributed by atoms with Gasteiger partial charge in [-0.1, -0.05) is 0 Å². The Kier molecular flexibility index (Phi) is 3.16. The summed E-state index contributed by atoms with van der Waals surface area (Å²) in [6, 6.07) is 2.34. The minimum atomic E-state index is -4.48. The minimum absolute atomic E-state index is 0.0186. The summed E-state index contributed by atoms with van der Waals surface area (Å²) in [6.45, 7) is -1.77. The maximum Gasteiger partial charge on any atom is 0.416 e. The average molecular weight is 226 g/mol. The second-order valence-corrected chi connectivity index (χ2v) is 2.86. The molecule has 0 spiro atoms. The van der Waals surface area contributed by atoms with Gasteiger partial charge in [0.2, 0.25) is 0 Å². The molecule has 0 aliphatic carbocycles. The topological polar surface area (TPSA) is 9.23 Å². The zero-order valence-corrected chi connectivity index (χ0v) is 7.61. The van der Waals surface area contributed by atoms with Crippen molar-refractivity contribution in [2.45, 2.75) is 19.7 Å². The molecule has 1 rings (SSSR count). The van der Waals surface area contributed by atoms with Gasteiger partial charge in [-0.25, -0.2) is 0 Å². The van der Waals surface area contributed by atoms with E-state index in [0.717, 1.165) is 12.1 Å². The van der Waals surface area contributed by atoms with Gasteiger partial charge in [0.25, 0.3) is 0 Å². The number of rotatable bonds is 2. The molecule has 0 saturated carbocycles. The fraction of sp³-hybridized carbons (Fsp3) is 0.333. The van der Waals surface area contributed by atoms with Crippen molar-refractivity contribution in [1.82, 2.24) is 0 Å². The van der Waals surface area contributed by atoms with Crippen LogP contribution in [0.25, 0.3) is 0 Å². The number of aryl methyl sites for hydroxylation is 1. The molecule has 0 aromatic heterocycles. The first kappa shape index (κ1) is 11.7. The molecule has 0 saturated heterocycles. The van der Waals surface area contributed by atoms with Crippen molar-refractivity contribution in [3.8, 4) is 5.75 Å². The molecule has 0 atom stereocenters. The van der Waals surface area contributed by atoms with E-state index in [0.29, 0.717) is 6.07 Å². The predicted octanol–water partition coefficient (Wildman–Crippen LogP) is 3.62. The van der Waals surface area contributed by atoms with Gasteiger partial charge in [0.15, 0.2) is 0 Å². The Hall–Kier alpha value is -1.33. The fourth-order valence-corrected chi connectivity index (χ4v) is 1.05. The normalized spacial score (nSPS) is 11.9. The van der Waals surface area contributed by atoms with Crippen LogP contribution >= 0.6 is 0 Å². The molecule has 84 valence electrons. The molecular weight excluding hydrogens is 219 g/mol. The summed E-state index contributed by atoms with van der Waals surface area (Å²) in [5, 5.41) is 0. The van der Waals surface area contributed by atoms with E-state index >= 15 is 0 Å². The lowest BCUT2D eigenvalue weighted by molar-refractivity contribution is -0.137. The monoisotopic (exact) mass is 226 g/mol. The molecule has 0 aliphatic rings. The van der Waals surface area contributed by atoms with Gasteiger partial charge in [0, 0.05) is 0 Å². The van der Waals surface area contributed by atoms with E-state index in [9.17, 15) is 22.0 Å². The Labute approximate surface area is 82.5 Å². The number of alkyl halides is 5. The Bertz CT molecular complexity index is 345. The molecule has 0 amide bonds. The van der Waals surface area contributed by atoms with E-state index < -0.39 is 18.4 Å². The molecule has 0 heterocycles. The third-order valence-electron chi connectivity index (χ3n) is 1.72. The molecule has 0 aliphatic heterocycles. The Morgan fingerprint density at radius 3 is 2.20 bits per heavy atom. The molecule has 0 N–H and O–H groups in total. The molecule has 0 fully saturated rings. The Morgan fingerprint density at radius 1 is 1.20 bits per heavy atom. The van der Waals surface area contributed by atoms with Crippen LogP contribution in [0, 0.1) is 6.92 Å². The highest BCUT2D eigenvalue weighted by molar-refractivity contribution is 5.37. The van der Waals surface area contributed by atoms with Gasteiger partial charge < -0.3 is 4.74 Å². The summed E-state index contributed by atoms with van der Waals surface area (Å²) in [7, 11) is 0. The van der Waals surface area contributed by atoms with Crippen molar-refractivity contribution >= 4 is 0 Å². The van der Waals surface area contributed by atoms with E-state index in [1.54, 1.807) is 0 Å². The summed E-state index contributed by atoms with van der Waals surface area (Å²) >= 11 is 0. The van der Waals surface area contributed by atoms with E-state index in [-0.39, 0.29) is 11.3 Å². The maximum atomic E-state index is 12.2. The predicted molar refractivity (Wildman–Crippen MR) is 42.8 cm³/mol. The number of benzene rings is 1. The van der Waals surface area contributed by atoms with Crippen LogP contribution in [0.2, 0.25) is 0 Å². The highest BCUT2D eigenvalue weighted by Gasteiger charge is 2.30. The summed E-state index contributed by atoms with van der Waals surface area (Å²) in [5.41, 5.74) is -0.869. The van der Waals surface area contributed by atoms with Gasteiger partial charge in [-0.3, -0.25) is 0 Å². The van der Waals surface area contributed by atoms with Gasteiger partial charge in [0.1, 0.15) is 5.75 Å². The first-order valence-corrected chi connectivity index (χ1v) is 3.93. The van der Waals surface area contributed by atoms with E-state index in [1.165, 1.54) is 6.92 Å². The van der Waals surface area contributed by atoms with Crippen molar-refractivity contribution in [2.75, 3.05) is 0 Å². The zero-order valence-electron chi connectivity index (χ0n) is 7.61. The lowest BCUT2D eigenvalue weighted by atomic mass is 10.1. The molecule has 1 aromatic carbocycles. The molecule has 1 nitrogen and oxygen atoms in total. The van der Waals surface area contributed by atoms with E-state index in [1.807, 2.05) is 0 Å². The van der Waals surface area contributed by atoms with E-state index in [2.05, 4.69) is 4.74 Å². The van der Waals surface area contributed by atoms with Gasteiger partial charge in [-0.05, 0) is 30.7 Å². The van der Waals surface area contributed by atoms with Crippen molar-refractivity contribution in [1.29, 1.82) is 0 Å². The van der Waals surface area contributed by atoms with Gasteiger partial charge in [-0.2, -0.15) is 22.0 Å². The minimum Gasteiger partial charge on any atom is -0.435 e. The zero-order chi connectivity index (χ0) is 11.6. The number of halogens is 5. The quantitative estimate of drug-likeness (QED) is 0.700. The number of ether oxygens (including phenoxy) is 1. The highest BCUT2D eigenvalue weighted by atomic mass is 19.4. The van der Waals surface area contributed by atoms with E-state index in [4.69, 9.17) is 0 Å². The van der Waals surface area contributed by atoms with Crippen molar-refractivity contribution in [2.24, 2.45) is 0 Å². The summed E-state index contributed by atoms with van der Waals surface area (Å²) in [4.78, 5) is 0. The first-order valence-electron chi connectivity index (χ1n) is 3.93. The smallest absolute Gasteiger partial charge is 0.416 e. The van der Waals surface area contributed by atoms with Crippen LogP contribution in [0.1, 0.15) is 11.1 Å². The van der Waals surface area contributed by atoms with Crippen molar-refractivity contribution in [3.05, 3.63) is 29.3 Å². The third-order valence-corrected chi connectivity index (χ3v) is 1.72. The molecular formula is C9H7F5O. The molecule has 0 bridgehead atoms. The average Bonchev–Trinajstić information content (AvgIpc) is 2.05. The Morgan fingerprint density at radius 2 is 1.80 bits per heavy atom. The molecule has 0 radical (unpaired) electrons. The number of hydrogen-bond acceptors (Lipinski definition) is 1. The lowest BCUT2D eigenvalue weighted by Crippen LogP contribution is -2.07. The fourth-order valence-electron chi connectivity index (χ4n) is 1.05. The van der Waals surface area contributed by atoms with Gasteiger partial charge in [-0.15, -0.1) is 0 Å². The van der Waals surface area contributed by atoms with Crippen LogP contribution in [0.3, 0.4) is 0 Å². The summed E-state index contributed by atoms with van der Waals surface area (Å²) in [6.07, 6.45) is -4.48. The largest absolute Gasteiger partial charge is 0.435 e. The third kappa shape index (κ3) is 3.07. The number of hydrogen-bond donors (Lipinski definition) is 0. The lowest BCUT2D eigenvalue weighted by Gasteiger charge is -2.11. The SMILES string of the molecule is Cc1cc(C(F)(F)F)ccc1OC(F)F. The van der Waals surface area contributed by atoms with Crippen LogP contribution in [-0.4, -0.2) is 6.61 Å². The van der Waals surface area contributed by atoms with Crippen LogP contribution in [0.4, 0.5) is 22.0 Å². The maximum absolute atomic E-state index is 12.2. The summed E-state index contributed by atoms with van der Waals surface area (Å²) in [5.74, 6) is -0.252. The van der Waals surface area contributed by atoms with Crippen molar-refractivity contribution < 1.29 is 26.7 Å². The summed E-state index contributed by atoms with van der Waals surface area (Å²) < 4.78 is 64.1.